The van der Waals surface area contributed by atoms with E-state index in [9.17, 15) is 4.39 Å². The average molecular weight is 301 g/mol. The molecule has 2 unspecified atom stereocenters. The normalized spacial score (nSPS) is 25.1. The molecule has 1 aromatic rings. The van der Waals surface area contributed by atoms with Crippen molar-refractivity contribution in [3.63, 3.8) is 0 Å². The van der Waals surface area contributed by atoms with Crippen molar-refractivity contribution in [1.29, 1.82) is 0 Å². The number of nitrogens with two attached hydrogens (primary N) is 1. The molecule has 0 radical (unpaired) electrons. The van der Waals surface area contributed by atoms with Gasteiger partial charge in [0.25, 0.3) is 0 Å². The Morgan fingerprint density at radius 1 is 1.35 bits per heavy atom. The molecule has 17 heavy (non-hydrogen) atoms. The second-order valence-corrected chi connectivity index (χ2v) is 5.86. The van der Waals surface area contributed by atoms with Crippen LogP contribution in [-0.4, -0.2) is 12.6 Å². The minimum Gasteiger partial charge on any atom is -0.397 e. The van der Waals surface area contributed by atoms with E-state index in [1.807, 2.05) is 0 Å². The number of hydrogen-bond acceptors (Lipinski definition) is 2. The Balaban J connectivity index is 2.35. The summed E-state index contributed by atoms with van der Waals surface area (Å²) < 4.78 is 14.0. The molecular formula is C13H18BrFN2. The highest BCUT2D eigenvalue weighted by atomic mass is 79.9. The Morgan fingerprint density at radius 2 is 2.06 bits per heavy atom. The number of anilines is 2. The summed E-state index contributed by atoms with van der Waals surface area (Å²) in [4.78, 5) is 2.22. The largest absolute Gasteiger partial charge is 0.397 e. The summed E-state index contributed by atoms with van der Waals surface area (Å²) in [7, 11) is 0. The first kappa shape index (κ1) is 12.7. The molecule has 2 atom stereocenters. The maximum Gasteiger partial charge on any atom is 0.139 e. The molecule has 1 aromatic carbocycles. The van der Waals surface area contributed by atoms with Gasteiger partial charge in [0.1, 0.15) is 5.82 Å². The molecule has 1 fully saturated rings. The predicted octanol–water partition coefficient (Wildman–Crippen LogP) is 3.80. The fraction of sp³-hybridized carbons (Fsp3) is 0.538. The first-order valence-corrected chi connectivity index (χ1v) is 6.79. The summed E-state index contributed by atoms with van der Waals surface area (Å²) in [5, 5.41) is 0. The molecular weight excluding hydrogens is 283 g/mol. The molecule has 1 aliphatic heterocycles. The number of rotatable bonds is 1. The van der Waals surface area contributed by atoms with Crippen molar-refractivity contribution in [2.45, 2.75) is 32.7 Å². The molecule has 2 rings (SSSR count). The highest BCUT2D eigenvalue weighted by molar-refractivity contribution is 9.10. The van der Waals surface area contributed by atoms with Gasteiger partial charge >= 0.3 is 0 Å². The third-order valence-electron chi connectivity index (χ3n) is 3.50. The van der Waals surface area contributed by atoms with Gasteiger partial charge in [-0.3, -0.25) is 0 Å². The first-order chi connectivity index (χ1) is 7.99. The molecule has 0 amide bonds. The van der Waals surface area contributed by atoms with Crippen LogP contribution in [0, 0.1) is 11.7 Å². The van der Waals surface area contributed by atoms with Crippen LogP contribution in [0.15, 0.2) is 16.6 Å². The average Bonchev–Trinajstić information content (AvgIpc) is 2.27. The molecule has 0 spiro atoms. The number of piperidine rings is 1. The maximum atomic E-state index is 13.6. The quantitative estimate of drug-likeness (QED) is 0.800. The van der Waals surface area contributed by atoms with Crippen LogP contribution in [-0.2, 0) is 0 Å². The van der Waals surface area contributed by atoms with Gasteiger partial charge in [0.05, 0.1) is 15.8 Å². The first-order valence-electron chi connectivity index (χ1n) is 6.00. The van der Waals surface area contributed by atoms with Gasteiger partial charge in [0.15, 0.2) is 0 Å². The van der Waals surface area contributed by atoms with Gasteiger partial charge in [-0.1, -0.05) is 6.92 Å². The second kappa shape index (κ2) is 4.84. The van der Waals surface area contributed by atoms with Crippen molar-refractivity contribution < 1.29 is 4.39 Å². The lowest BCUT2D eigenvalue weighted by Gasteiger charge is -2.39. The van der Waals surface area contributed by atoms with Crippen LogP contribution in [0.1, 0.15) is 26.7 Å². The number of hydrogen-bond donors (Lipinski definition) is 1. The molecule has 0 bridgehead atoms. The summed E-state index contributed by atoms with van der Waals surface area (Å²) in [6.07, 6.45) is 2.37. The van der Waals surface area contributed by atoms with Gasteiger partial charge < -0.3 is 10.6 Å². The summed E-state index contributed by atoms with van der Waals surface area (Å²) in [6.45, 7) is 5.35. The molecule has 0 saturated carbocycles. The van der Waals surface area contributed by atoms with Gasteiger partial charge in [-0.25, -0.2) is 4.39 Å². The number of nitrogens with zero attached hydrogens (tertiary/aromatic N) is 1. The minimum atomic E-state index is -0.250. The van der Waals surface area contributed by atoms with Gasteiger partial charge in [0, 0.05) is 18.7 Å². The Bertz CT molecular complexity index is 422. The summed E-state index contributed by atoms with van der Waals surface area (Å²) >= 11 is 3.16. The summed E-state index contributed by atoms with van der Waals surface area (Å²) in [5.41, 5.74) is 7.45. The van der Waals surface area contributed by atoms with Crippen LogP contribution in [0.2, 0.25) is 0 Å². The fourth-order valence-corrected chi connectivity index (χ4v) is 2.79. The van der Waals surface area contributed by atoms with Crippen LogP contribution in [0.25, 0.3) is 0 Å². The predicted molar refractivity (Wildman–Crippen MR) is 73.7 cm³/mol. The number of nitrogen functional groups attached to an aromatic ring is 1. The second-order valence-electron chi connectivity index (χ2n) is 5.01. The van der Waals surface area contributed by atoms with Crippen molar-refractivity contribution in [2.24, 2.45) is 5.92 Å². The van der Waals surface area contributed by atoms with E-state index < -0.39 is 0 Å². The standard InChI is InChI=1S/C13H18BrFN2/c1-8-3-4-9(2)17(7-8)13-6-11(15)10(14)5-12(13)16/h5-6,8-9H,3-4,7,16H2,1-2H3. The molecule has 2 N–H and O–H groups in total. The number of benzene rings is 1. The Labute approximate surface area is 110 Å². The van der Waals surface area contributed by atoms with Crippen molar-refractivity contribution in [3.8, 4) is 0 Å². The van der Waals surface area contributed by atoms with Crippen molar-refractivity contribution in [1.82, 2.24) is 0 Å². The SMILES string of the molecule is CC1CCC(C)N(c2cc(F)c(Br)cc2N)C1. The highest BCUT2D eigenvalue weighted by Gasteiger charge is 2.25. The van der Waals surface area contributed by atoms with Crippen molar-refractivity contribution in [3.05, 3.63) is 22.4 Å². The van der Waals surface area contributed by atoms with Gasteiger partial charge in [-0.05, 0) is 47.7 Å². The van der Waals surface area contributed by atoms with Gasteiger partial charge in [0.2, 0.25) is 0 Å². The molecule has 1 aliphatic rings. The lowest BCUT2D eigenvalue weighted by atomic mass is 9.94. The zero-order valence-corrected chi connectivity index (χ0v) is 11.8. The summed E-state index contributed by atoms with van der Waals surface area (Å²) in [5.74, 6) is 0.386. The van der Waals surface area contributed by atoms with Crippen molar-refractivity contribution >= 4 is 27.3 Å². The summed E-state index contributed by atoms with van der Waals surface area (Å²) in [6, 6.07) is 3.61. The molecule has 4 heteroatoms. The van der Waals surface area contributed by atoms with Crippen LogP contribution in [0.5, 0.6) is 0 Å². The molecule has 0 aromatic heterocycles. The van der Waals surface area contributed by atoms with E-state index in [0.717, 1.165) is 18.7 Å². The van der Waals surface area contributed by atoms with Crippen LogP contribution in [0.4, 0.5) is 15.8 Å². The van der Waals surface area contributed by atoms with Crippen molar-refractivity contribution in [2.75, 3.05) is 17.2 Å². The Morgan fingerprint density at radius 3 is 2.76 bits per heavy atom. The van der Waals surface area contributed by atoms with Gasteiger partial charge in [-0.15, -0.1) is 0 Å². The van der Waals surface area contributed by atoms with E-state index in [1.165, 1.54) is 12.5 Å². The Kier molecular flexibility index (Phi) is 3.61. The van der Waals surface area contributed by atoms with E-state index >= 15 is 0 Å². The zero-order valence-electron chi connectivity index (χ0n) is 10.2. The third-order valence-corrected chi connectivity index (χ3v) is 4.10. The van der Waals surface area contributed by atoms with E-state index in [2.05, 4.69) is 34.7 Å². The topological polar surface area (TPSA) is 29.3 Å². The van der Waals surface area contributed by atoms with E-state index in [-0.39, 0.29) is 5.82 Å². The number of halogens is 2. The zero-order chi connectivity index (χ0) is 12.6. The molecule has 1 saturated heterocycles. The maximum absolute atomic E-state index is 13.6. The molecule has 94 valence electrons. The van der Waals surface area contributed by atoms with Crippen LogP contribution in [0.3, 0.4) is 0 Å². The third kappa shape index (κ3) is 2.57. The molecule has 0 aliphatic carbocycles. The van der Waals surface area contributed by atoms with Gasteiger partial charge in [-0.2, -0.15) is 0 Å². The smallest absolute Gasteiger partial charge is 0.139 e. The van der Waals surface area contributed by atoms with E-state index in [0.29, 0.717) is 22.1 Å². The Hall–Kier alpha value is -0.770. The lowest BCUT2D eigenvalue weighted by Crippen LogP contribution is -2.41. The van der Waals surface area contributed by atoms with Crippen LogP contribution < -0.4 is 10.6 Å². The molecule has 1 heterocycles. The fourth-order valence-electron chi connectivity index (χ4n) is 2.42. The lowest BCUT2D eigenvalue weighted by molar-refractivity contribution is 0.390. The highest BCUT2D eigenvalue weighted by Crippen LogP contribution is 2.34. The monoisotopic (exact) mass is 300 g/mol. The van der Waals surface area contributed by atoms with E-state index in [4.69, 9.17) is 5.73 Å². The minimum absolute atomic E-state index is 0.250. The van der Waals surface area contributed by atoms with Crippen LogP contribution >= 0.6 is 15.9 Å². The van der Waals surface area contributed by atoms with E-state index in [1.54, 1.807) is 6.07 Å². The molecule has 2 nitrogen and oxygen atoms in total.